The van der Waals surface area contributed by atoms with Gasteiger partial charge in [0.25, 0.3) is 0 Å². The van der Waals surface area contributed by atoms with E-state index in [0.717, 1.165) is 5.56 Å². The summed E-state index contributed by atoms with van der Waals surface area (Å²) < 4.78 is 12.7. The molecule has 20 heavy (non-hydrogen) atoms. The number of carbonyl (C=O) groups is 1. The molecule has 0 fully saturated rings. The molecule has 0 unspecified atom stereocenters. The molecule has 7 heteroatoms. The molecule has 2 rings (SSSR count). The van der Waals surface area contributed by atoms with E-state index in [1.165, 1.54) is 12.1 Å². The molecule has 1 aliphatic rings. The summed E-state index contributed by atoms with van der Waals surface area (Å²) in [4.78, 5) is 15.9. The van der Waals surface area contributed by atoms with E-state index in [1.54, 1.807) is 24.3 Å². The fourth-order valence-corrected chi connectivity index (χ4v) is 1.74. The van der Waals surface area contributed by atoms with Crippen LogP contribution in [-0.4, -0.2) is 28.1 Å². The van der Waals surface area contributed by atoms with Gasteiger partial charge in [-0.1, -0.05) is 23.4 Å². The van der Waals surface area contributed by atoms with Gasteiger partial charge in [-0.15, -0.1) is 0 Å². The van der Waals surface area contributed by atoms with E-state index in [2.05, 4.69) is 5.16 Å². The van der Waals surface area contributed by atoms with Crippen LogP contribution in [0.3, 0.4) is 0 Å². The van der Waals surface area contributed by atoms with Gasteiger partial charge in [-0.05, 0) is 23.8 Å². The van der Waals surface area contributed by atoms with Crippen molar-refractivity contribution >= 4 is 11.7 Å². The average molecular weight is 279 g/mol. The number of nitrogens with two attached hydrogens (primary N) is 1. The summed E-state index contributed by atoms with van der Waals surface area (Å²) in [7, 11) is 0. The zero-order chi connectivity index (χ0) is 14.5. The monoisotopic (exact) mass is 279 g/mol. The van der Waals surface area contributed by atoms with Crippen molar-refractivity contribution in [1.82, 2.24) is 5.06 Å². The Morgan fingerprint density at radius 3 is 2.85 bits per heavy atom. The van der Waals surface area contributed by atoms with Gasteiger partial charge in [0.1, 0.15) is 12.4 Å². The highest BCUT2D eigenvalue weighted by Gasteiger charge is 2.23. The van der Waals surface area contributed by atoms with Crippen LogP contribution in [0.15, 0.2) is 41.6 Å². The van der Waals surface area contributed by atoms with Gasteiger partial charge >= 0.3 is 6.03 Å². The van der Waals surface area contributed by atoms with Gasteiger partial charge in [0.05, 0.1) is 11.8 Å². The van der Waals surface area contributed by atoms with Crippen LogP contribution in [0.5, 0.6) is 0 Å². The van der Waals surface area contributed by atoms with Crippen LogP contribution in [0.4, 0.5) is 9.18 Å². The van der Waals surface area contributed by atoms with Crippen molar-refractivity contribution in [3.8, 4) is 0 Å². The van der Waals surface area contributed by atoms with Crippen LogP contribution in [0, 0.1) is 5.82 Å². The Balaban J connectivity index is 1.83. The minimum atomic E-state index is -0.923. The summed E-state index contributed by atoms with van der Waals surface area (Å²) in [6, 6.07) is 4.44. The quantitative estimate of drug-likeness (QED) is 0.650. The van der Waals surface area contributed by atoms with Gasteiger partial charge in [-0.3, -0.25) is 5.21 Å². The molecule has 1 aromatic carbocycles. The number of primary amides is 1. The van der Waals surface area contributed by atoms with E-state index in [0.29, 0.717) is 17.2 Å². The van der Waals surface area contributed by atoms with Gasteiger partial charge in [0.2, 0.25) is 0 Å². The SMILES string of the molecule is NC(=O)N(O)[C@H]1C=CC(=NOCc2ccc(F)cc2)C1. The second-order valence-corrected chi connectivity index (χ2v) is 4.30. The number of allylic oxidation sites excluding steroid dienone is 1. The maximum atomic E-state index is 12.7. The molecule has 1 aliphatic carbocycles. The lowest BCUT2D eigenvalue weighted by molar-refractivity contribution is -0.0583. The first-order valence-electron chi connectivity index (χ1n) is 5.95. The molecule has 6 nitrogen and oxygen atoms in total. The molecule has 0 aromatic heterocycles. The number of hydrogen-bond donors (Lipinski definition) is 2. The number of carbonyl (C=O) groups excluding carboxylic acids is 1. The van der Waals surface area contributed by atoms with Crippen LogP contribution in [0.2, 0.25) is 0 Å². The number of benzene rings is 1. The Kier molecular flexibility index (Phi) is 4.31. The fourth-order valence-electron chi connectivity index (χ4n) is 1.74. The van der Waals surface area contributed by atoms with Gasteiger partial charge in [0, 0.05) is 6.42 Å². The van der Waals surface area contributed by atoms with Crippen LogP contribution >= 0.6 is 0 Å². The highest BCUT2D eigenvalue weighted by molar-refractivity contribution is 5.97. The molecule has 0 bridgehead atoms. The molecule has 0 spiro atoms. The number of oxime groups is 1. The smallest absolute Gasteiger partial charge is 0.339 e. The van der Waals surface area contributed by atoms with E-state index in [4.69, 9.17) is 10.6 Å². The molecule has 2 amide bonds. The summed E-state index contributed by atoms with van der Waals surface area (Å²) in [6.07, 6.45) is 3.56. The normalized spacial score (nSPS) is 19.3. The Hall–Kier alpha value is -2.41. The third-order valence-corrected chi connectivity index (χ3v) is 2.80. The molecule has 1 atom stereocenters. The second-order valence-electron chi connectivity index (χ2n) is 4.30. The minimum Gasteiger partial charge on any atom is -0.391 e. The minimum absolute atomic E-state index is 0.209. The van der Waals surface area contributed by atoms with Crippen LogP contribution in [0.1, 0.15) is 12.0 Å². The van der Waals surface area contributed by atoms with Crippen molar-refractivity contribution in [2.24, 2.45) is 10.9 Å². The molecular formula is C13H14FN3O3. The van der Waals surface area contributed by atoms with Gasteiger partial charge in [-0.2, -0.15) is 5.06 Å². The van der Waals surface area contributed by atoms with Crippen molar-refractivity contribution in [2.75, 3.05) is 0 Å². The van der Waals surface area contributed by atoms with Crippen molar-refractivity contribution in [3.05, 3.63) is 47.8 Å². The maximum absolute atomic E-state index is 12.7. The largest absolute Gasteiger partial charge is 0.391 e. The topological polar surface area (TPSA) is 88.2 Å². The highest BCUT2D eigenvalue weighted by atomic mass is 19.1. The molecule has 0 aliphatic heterocycles. The number of halogens is 1. The molecule has 3 N–H and O–H groups in total. The first kappa shape index (κ1) is 14.0. The van der Waals surface area contributed by atoms with Crippen molar-refractivity contribution < 1.29 is 19.2 Å². The van der Waals surface area contributed by atoms with Gasteiger partial charge < -0.3 is 10.6 Å². The van der Waals surface area contributed by atoms with Crippen molar-refractivity contribution in [3.63, 3.8) is 0 Å². The molecule has 1 aromatic rings. The zero-order valence-corrected chi connectivity index (χ0v) is 10.6. The number of urea groups is 1. The predicted octanol–water partition coefficient (Wildman–Crippen LogP) is 1.80. The van der Waals surface area contributed by atoms with E-state index in [9.17, 15) is 14.4 Å². The molecular weight excluding hydrogens is 265 g/mol. The number of hydrogen-bond acceptors (Lipinski definition) is 4. The van der Waals surface area contributed by atoms with Crippen LogP contribution in [-0.2, 0) is 11.4 Å². The third kappa shape index (κ3) is 3.55. The fraction of sp³-hybridized carbons (Fsp3) is 0.231. The third-order valence-electron chi connectivity index (χ3n) is 2.80. The lowest BCUT2D eigenvalue weighted by Crippen LogP contribution is -2.39. The summed E-state index contributed by atoms with van der Waals surface area (Å²) in [5, 5.41) is 13.7. The number of amides is 2. The van der Waals surface area contributed by atoms with Crippen molar-refractivity contribution in [1.29, 1.82) is 0 Å². The van der Waals surface area contributed by atoms with Crippen LogP contribution < -0.4 is 5.73 Å². The average Bonchev–Trinajstić information content (AvgIpc) is 2.89. The molecule has 0 radical (unpaired) electrons. The molecule has 0 heterocycles. The molecule has 0 saturated heterocycles. The highest BCUT2D eigenvalue weighted by Crippen LogP contribution is 2.14. The first-order chi connectivity index (χ1) is 9.56. The van der Waals surface area contributed by atoms with Crippen molar-refractivity contribution in [2.45, 2.75) is 19.1 Å². The summed E-state index contributed by atoms with van der Waals surface area (Å²) >= 11 is 0. The Bertz CT molecular complexity index is 542. The Morgan fingerprint density at radius 2 is 2.20 bits per heavy atom. The Morgan fingerprint density at radius 1 is 1.50 bits per heavy atom. The van der Waals surface area contributed by atoms with E-state index < -0.39 is 12.1 Å². The van der Waals surface area contributed by atoms with E-state index in [1.807, 2.05) is 0 Å². The van der Waals surface area contributed by atoms with E-state index >= 15 is 0 Å². The van der Waals surface area contributed by atoms with E-state index in [-0.39, 0.29) is 12.4 Å². The Labute approximate surface area is 114 Å². The number of nitrogens with zero attached hydrogens (tertiary/aromatic N) is 2. The lowest BCUT2D eigenvalue weighted by Gasteiger charge is -2.17. The summed E-state index contributed by atoms with van der Waals surface area (Å²) in [6.45, 7) is 0.209. The van der Waals surface area contributed by atoms with Gasteiger partial charge in [-0.25, -0.2) is 9.18 Å². The standard InChI is InChI=1S/C13H14FN3O3/c14-10-3-1-9(2-4-10)8-20-16-11-5-6-12(7-11)17(19)13(15)18/h1-6,12,19H,7-8H2,(H2,15,18)/t12-/m0/s1. The summed E-state index contributed by atoms with van der Waals surface area (Å²) in [5.41, 5.74) is 6.32. The maximum Gasteiger partial charge on any atom is 0.339 e. The predicted molar refractivity (Wildman–Crippen MR) is 69.4 cm³/mol. The molecule has 0 saturated carbocycles. The second kappa shape index (κ2) is 6.16. The van der Waals surface area contributed by atoms with Gasteiger partial charge in [0.15, 0.2) is 0 Å². The number of rotatable bonds is 4. The number of hydroxylamine groups is 2. The molecule has 106 valence electrons. The first-order valence-corrected chi connectivity index (χ1v) is 5.95. The lowest BCUT2D eigenvalue weighted by atomic mass is 10.2. The summed E-state index contributed by atoms with van der Waals surface area (Å²) in [5.74, 6) is -0.309. The zero-order valence-electron chi connectivity index (χ0n) is 10.6. The van der Waals surface area contributed by atoms with Crippen LogP contribution in [0.25, 0.3) is 0 Å².